The van der Waals surface area contributed by atoms with Crippen molar-refractivity contribution < 1.29 is 14.7 Å². The van der Waals surface area contributed by atoms with E-state index in [2.05, 4.69) is 15.0 Å². The summed E-state index contributed by atoms with van der Waals surface area (Å²) >= 11 is 0. The van der Waals surface area contributed by atoms with Crippen molar-refractivity contribution in [1.82, 2.24) is 24.4 Å². The number of nitrogens with one attached hydrogen (secondary N) is 1. The van der Waals surface area contributed by atoms with E-state index in [1.807, 2.05) is 6.92 Å². The minimum atomic E-state index is -1.05. The molecule has 2 aromatic heterocycles. The summed E-state index contributed by atoms with van der Waals surface area (Å²) in [6.45, 7) is 4.34. The molecule has 0 unspecified atom stereocenters. The Hall–Kier alpha value is -2.64. The molecule has 1 amide bonds. The Morgan fingerprint density at radius 3 is 2.43 bits per heavy atom. The smallest absolute Gasteiger partial charge is 0.330 e. The number of aliphatic carboxylic acids is 1. The predicted octanol–water partition coefficient (Wildman–Crippen LogP) is 0.939. The lowest BCUT2D eigenvalue weighted by molar-refractivity contribution is -0.150. The number of aromatic amines is 1. The maximum atomic E-state index is 12.4. The summed E-state index contributed by atoms with van der Waals surface area (Å²) in [6.07, 6.45) is 5.57. The maximum Gasteiger partial charge on any atom is 0.330 e. The third-order valence-electron chi connectivity index (χ3n) is 4.47. The summed E-state index contributed by atoms with van der Waals surface area (Å²) < 4.78 is 1.70. The van der Waals surface area contributed by atoms with Gasteiger partial charge < -0.3 is 19.6 Å². The lowest BCUT2D eigenvalue weighted by Crippen LogP contribution is -2.52. The standard InChI is InChI=1S/C15H19N5O3/c1-10-9-17-12(18-10)13(21)19-6-3-15(4-7-19,14(22)23)20-8-5-16-11(20)2/h5,8-9H,3-4,6-7H2,1-2H3,(H,17,18)(H,22,23). The zero-order valence-electron chi connectivity index (χ0n) is 13.1. The molecule has 8 nitrogen and oxygen atoms in total. The van der Waals surface area contributed by atoms with E-state index in [-0.39, 0.29) is 5.91 Å². The van der Waals surface area contributed by atoms with Crippen LogP contribution in [0.3, 0.4) is 0 Å². The van der Waals surface area contributed by atoms with Crippen LogP contribution in [-0.4, -0.2) is 54.5 Å². The van der Waals surface area contributed by atoms with Crippen LogP contribution in [0.4, 0.5) is 0 Å². The van der Waals surface area contributed by atoms with Crippen LogP contribution in [0.5, 0.6) is 0 Å². The van der Waals surface area contributed by atoms with Gasteiger partial charge in [0.2, 0.25) is 0 Å². The molecular formula is C15H19N5O3. The van der Waals surface area contributed by atoms with E-state index in [0.29, 0.717) is 37.6 Å². The lowest BCUT2D eigenvalue weighted by Gasteiger charge is -2.39. The topological polar surface area (TPSA) is 104 Å². The first-order valence-corrected chi connectivity index (χ1v) is 7.49. The van der Waals surface area contributed by atoms with Crippen LogP contribution >= 0.6 is 0 Å². The van der Waals surface area contributed by atoms with E-state index in [1.165, 1.54) is 0 Å². The van der Waals surface area contributed by atoms with Gasteiger partial charge in [-0.05, 0) is 26.7 Å². The molecule has 0 aromatic carbocycles. The molecule has 1 aliphatic heterocycles. The van der Waals surface area contributed by atoms with Gasteiger partial charge in [-0.15, -0.1) is 0 Å². The molecule has 1 aliphatic rings. The zero-order valence-corrected chi connectivity index (χ0v) is 13.1. The van der Waals surface area contributed by atoms with Crippen LogP contribution in [-0.2, 0) is 10.3 Å². The van der Waals surface area contributed by atoms with Gasteiger partial charge in [0.05, 0.1) is 0 Å². The van der Waals surface area contributed by atoms with Gasteiger partial charge in [-0.2, -0.15) is 0 Å². The molecule has 0 atom stereocenters. The fraction of sp³-hybridized carbons (Fsp3) is 0.467. The fourth-order valence-corrected chi connectivity index (χ4v) is 3.14. The highest BCUT2D eigenvalue weighted by atomic mass is 16.4. The molecule has 0 aliphatic carbocycles. The molecule has 122 valence electrons. The first-order chi connectivity index (χ1) is 10.9. The third kappa shape index (κ3) is 2.49. The number of aromatic nitrogens is 4. The number of imidazole rings is 2. The Labute approximate surface area is 133 Å². The first-order valence-electron chi connectivity index (χ1n) is 7.49. The second-order valence-electron chi connectivity index (χ2n) is 5.89. The SMILES string of the molecule is Cc1cnc(C(=O)N2CCC(C(=O)O)(n3ccnc3C)CC2)[nH]1. The number of hydrogen-bond donors (Lipinski definition) is 2. The summed E-state index contributed by atoms with van der Waals surface area (Å²) in [7, 11) is 0. The molecule has 0 radical (unpaired) electrons. The normalized spacial score (nSPS) is 17.2. The average Bonchev–Trinajstić information content (AvgIpc) is 3.15. The number of carboxylic acids is 1. The van der Waals surface area contributed by atoms with Crippen LogP contribution in [0.1, 0.15) is 35.0 Å². The number of carbonyl (C=O) groups is 2. The number of amides is 1. The van der Waals surface area contributed by atoms with Crippen molar-refractivity contribution in [3.05, 3.63) is 35.9 Å². The molecule has 1 fully saturated rings. The van der Waals surface area contributed by atoms with Gasteiger partial charge in [0.25, 0.3) is 5.91 Å². The predicted molar refractivity (Wildman–Crippen MR) is 81.0 cm³/mol. The van der Waals surface area contributed by atoms with Gasteiger partial charge in [0, 0.05) is 37.4 Å². The summed E-state index contributed by atoms with van der Waals surface area (Å²) in [5.74, 6) is -0.128. The number of H-pyrrole nitrogens is 1. The lowest BCUT2D eigenvalue weighted by atomic mass is 9.87. The number of nitrogens with zero attached hydrogens (tertiary/aromatic N) is 4. The number of aryl methyl sites for hydroxylation is 2. The minimum absolute atomic E-state index is 0.195. The van der Waals surface area contributed by atoms with Gasteiger partial charge in [0.1, 0.15) is 11.4 Å². The molecular weight excluding hydrogens is 298 g/mol. The number of likely N-dealkylation sites (tertiary alicyclic amines) is 1. The third-order valence-corrected chi connectivity index (χ3v) is 4.47. The van der Waals surface area contributed by atoms with Crippen LogP contribution in [0, 0.1) is 13.8 Å². The van der Waals surface area contributed by atoms with Gasteiger partial charge in [-0.25, -0.2) is 14.8 Å². The van der Waals surface area contributed by atoms with Crippen LogP contribution in [0.25, 0.3) is 0 Å². The number of hydrogen-bond acceptors (Lipinski definition) is 4. The fourth-order valence-electron chi connectivity index (χ4n) is 3.14. The van der Waals surface area contributed by atoms with Crippen molar-refractivity contribution >= 4 is 11.9 Å². The quantitative estimate of drug-likeness (QED) is 0.876. The molecule has 3 rings (SSSR count). The summed E-state index contributed by atoms with van der Waals surface area (Å²) in [6, 6.07) is 0. The molecule has 3 heterocycles. The van der Waals surface area contributed by atoms with Crippen LogP contribution in [0.15, 0.2) is 18.6 Å². The van der Waals surface area contributed by atoms with E-state index in [0.717, 1.165) is 5.69 Å². The average molecular weight is 317 g/mol. The number of carbonyl (C=O) groups excluding carboxylic acids is 1. The highest BCUT2D eigenvalue weighted by Crippen LogP contribution is 2.32. The Morgan fingerprint density at radius 2 is 1.96 bits per heavy atom. The highest BCUT2D eigenvalue weighted by molar-refractivity contribution is 5.91. The van der Waals surface area contributed by atoms with Crippen molar-refractivity contribution in [2.75, 3.05) is 13.1 Å². The summed E-state index contributed by atoms with van der Waals surface area (Å²) in [5, 5.41) is 9.76. The highest BCUT2D eigenvalue weighted by Gasteiger charge is 2.45. The van der Waals surface area contributed by atoms with E-state index in [4.69, 9.17) is 0 Å². The van der Waals surface area contributed by atoms with Crippen molar-refractivity contribution in [3.8, 4) is 0 Å². The van der Waals surface area contributed by atoms with Gasteiger partial charge in [-0.3, -0.25) is 4.79 Å². The molecule has 23 heavy (non-hydrogen) atoms. The largest absolute Gasteiger partial charge is 0.479 e. The molecule has 0 saturated carbocycles. The van der Waals surface area contributed by atoms with Crippen LogP contribution < -0.4 is 0 Å². The molecule has 8 heteroatoms. The second kappa shape index (κ2) is 5.53. The van der Waals surface area contributed by atoms with Gasteiger partial charge in [-0.1, -0.05) is 0 Å². The van der Waals surface area contributed by atoms with E-state index in [1.54, 1.807) is 35.0 Å². The zero-order chi connectivity index (χ0) is 16.6. The Kier molecular flexibility index (Phi) is 3.67. The molecule has 0 bridgehead atoms. The molecule has 2 N–H and O–H groups in total. The second-order valence-corrected chi connectivity index (χ2v) is 5.89. The number of carboxylic acid groups (broad SMARTS) is 1. The molecule has 1 saturated heterocycles. The van der Waals surface area contributed by atoms with Gasteiger partial charge >= 0.3 is 5.97 Å². The maximum absolute atomic E-state index is 12.4. The van der Waals surface area contributed by atoms with E-state index in [9.17, 15) is 14.7 Å². The van der Waals surface area contributed by atoms with Crippen molar-refractivity contribution in [1.29, 1.82) is 0 Å². The first kappa shape index (κ1) is 15.3. The number of rotatable bonds is 3. The summed E-state index contributed by atoms with van der Waals surface area (Å²) in [5.41, 5.74) is -0.226. The Balaban J connectivity index is 1.80. The minimum Gasteiger partial charge on any atom is -0.479 e. The monoisotopic (exact) mass is 317 g/mol. The Morgan fingerprint density at radius 1 is 1.26 bits per heavy atom. The summed E-state index contributed by atoms with van der Waals surface area (Å²) in [4.78, 5) is 37.1. The molecule has 2 aromatic rings. The van der Waals surface area contributed by atoms with E-state index < -0.39 is 11.5 Å². The van der Waals surface area contributed by atoms with Crippen molar-refractivity contribution in [2.24, 2.45) is 0 Å². The Bertz CT molecular complexity index is 740. The number of piperidine rings is 1. The van der Waals surface area contributed by atoms with Gasteiger partial charge in [0.15, 0.2) is 5.82 Å². The van der Waals surface area contributed by atoms with Crippen LogP contribution in [0.2, 0.25) is 0 Å². The van der Waals surface area contributed by atoms with Crippen molar-refractivity contribution in [2.45, 2.75) is 32.2 Å². The molecule has 0 spiro atoms. The van der Waals surface area contributed by atoms with Crippen molar-refractivity contribution in [3.63, 3.8) is 0 Å². The van der Waals surface area contributed by atoms with E-state index >= 15 is 0 Å².